The molecule has 0 radical (unpaired) electrons. The number of nitrogens with zero attached hydrogens (tertiary/aromatic N) is 1. The Bertz CT molecular complexity index is 566. The van der Waals surface area contributed by atoms with E-state index in [0.29, 0.717) is 10.1 Å². The number of halogens is 1. The van der Waals surface area contributed by atoms with Crippen LogP contribution in [-0.2, 0) is 14.4 Å². The van der Waals surface area contributed by atoms with Crippen LogP contribution in [0.4, 0.5) is 5.69 Å². The highest BCUT2D eigenvalue weighted by Crippen LogP contribution is 2.35. The van der Waals surface area contributed by atoms with Crippen LogP contribution in [0, 0.1) is 0 Å². The fourth-order valence-electron chi connectivity index (χ4n) is 2.55. The van der Waals surface area contributed by atoms with Gasteiger partial charge in [-0.1, -0.05) is 27.9 Å². The third-order valence-corrected chi connectivity index (χ3v) is 5.68. The standard InChI is InChI=1S/C11H11ClN2O2S2/c12-7-3-1-2-4-9(7)14-10-6-18(15,16)5-8(10)13-11(14)17/h1-4,8,10H,5-6H2,(H-,13,15,16,17)/p+1/t8-,10-/m0/s1. The summed E-state index contributed by atoms with van der Waals surface area (Å²) < 4.78 is 21.5. The average Bonchev–Trinajstić information content (AvgIpc) is 2.70. The maximum Gasteiger partial charge on any atom is 0.218 e. The first-order valence-electron chi connectivity index (χ1n) is 5.54. The van der Waals surface area contributed by atoms with E-state index in [0.717, 1.165) is 5.69 Å². The topological polar surface area (TPSA) is 52.6 Å². The molecule has 0 aliphatic carbocycles. The van der Waals surface area contributed by atoms with Gasteiger partial charge < -0.3 is 10.2 Å². The van der Waals surface area contributed by atoms with Crippen molar-refractivity contribution in [3.05, 3.63) is 29.3 Å². The van der Waals surface area contributed by atoms with Gasteiger partial charge in [-0.3, -0.25) is 0 Å². The minimum Gasteiger partial charge on any atom is -0.352 e. The Morgan fingerprint density at radius 2 is 2.17 bits per heavy atom. The molecule has 0 aromatic heterocycles. The molecule has 7 heteroatoms. The van der Waals surface area contributed by atoms with Crippen LogP contribution in [0.25, 0.3) is 0 Å². The minimum atomic E-state index is -2.74. The summed E-state index contributed by atoms with van der Waals surface area (Å²) >= 11 is 11.5. The van der Waals surface area contributed by atoms with Gasteiger partial charge in [-0.05, 0) is 24.4 Å². The largest absolute Gasteiger partial charge is 0.352 e. The molecule has 2 N–H and O–H groups in total. The van der Waals surface area contributed by atoms with Gasteiger partial charge in [0.25, 0.3) is 0 Å². The predicted molar refractivity (Wildman–Crippen MR) is 77.7 cm³/mol. The van der Waals surface area contributed by atoms with Crippen LogP contribution in [0.2, 0.25) is 5.02 Å². The molecule has 1 aromatic rings. The van der Waals surface area contributed by atoms with Gasteiger partial charge in [0.1, 0.15) is 12.1 Å². The summed E-state index contributed by atoms with van der Waals surface area (Å²) in [7, 11) is -2.74. The molecule has 4 nitrogen and oxygen atoms in total. The second-order valence-electron chi connectivity index (χ2n) is 4.55. The van der Waals surface area contributed by atoms with Gasteiger partial charge in [0.15, 0.2) is 16.6 Å². The Kier molecular flexibility index (Phi) is 2.85. The van der Waals surface area contributed by atoms with E-state index in [4.69, 9.17) is 23.8 Å². The van der Waals surface area contributed by atoms with Crippen LogP contribution in [0.1, 0.15) is 0 Å². The maximum absolute atomic E-state index is 11.8. The van der Waals surface area contributed by atoms with Crippen molar-refractivity contribution in [3.8, 4) is 0 Å². The van der Waals surface area contributed by atoms with Gasteiger partial charge in [0.05, 0.1) is 10.7 Å². The lowest BCUT2D eigenvalue weighted by Gasteiger charge is -2.23. The molecular formula is C11H12ClN2O2S2+. The van der Waals surface area contributed by atoms with Gasteiger partial charge in [-0.2, -0.15) is 4.55 Å². The van der Waals surface area contributed by atoms with Crippen molar-refractivity contribution in [1.29, 1.82) is 0 Å². The maximum atomic E-state index is 11.8. The quantitative estimate of drug-likeness (QED) is 0.611. The van der Waals surface area contributed by atoms with Crippen molar-refractivity contribution in [2.24, 2.45) is 0 Å². The van der Waals surface area contributed by atoms with E-state index in [9.17, 15) is 8.76 Å². The highest BCUT2D eigenvalue weighted by molar-refractivity contribution is 7.98. The number of para-hydroxylation sites is 1. The molecule has 3 atom stereocenters. The van der Waals surface area contributed by atoms with Crippen molar-refractivity contribution < 1.29 is 8.76 Å². The number of anilines is 1. The SMILES string of the molecule is O=[S+]1(O)C[C@@H]2NC(=S)N(c3ccccc3Cl)[C@H]2C1. The van der Waals surface area contributed by atoms with Crippen molar-refractivity contribution in [3.63, 3.8) is 0 Å². The molecule has 2 aliphatic rings. The summed E-state index contributed by atoms with van der Waals surface area (Å²) in [5.74, 6) is 0.481. The number of hydrogen-bond donors (Lipinski definition) is 2. The first kappa shape index (κ1) is 12.3. The van der Waals surface area contributed by atoms with Crippen LogP contribution < -0.4 is 10.2 Å². The summed E-state index contributed by atoms with van der Waals surface area (Å²) in [5, 5.41) is 4.28. The lowest BCUT2D eigenvalue weighted by Crippen LogP contribution is -2.37. The summed E-state index contributed by atoms with van der Waals surface area (Å²) in [4.78, 5) is 1.87. The third-order valence-electron chi connectivity index (χ3n) is 3.31. The van der Waals surface area contributed by atoms with Gasteiger partial charge in [-0.25, -0.2) is 0 Å². The molecule has 3 rings (SSSR count). The minimum absolute atomic E-state index is 0.0636. The number of benzene rings is 1. The van der Waals surface area contributed by atoms with E-state index in [1.54, 1.807) is 6.07 Å². The van der Waals surface area contributed by atoms with Gasteiger partial charge in [0, 0.05) is 0 Å². The van der Waals surface area contributed by atoms with E-state index in [2.05, 4.69) is 5.32 Å². The summed E-state index contributed by atoms with van der Waals surface area (Å²) in [6.45, 7) is 0. The smallest absolute Gasteiger partial charge is 0.218 e. The molecule has 1 aromatic carbocycles. The van der Waals surface area contributed by atoms with Crippen LogP contribution >= 0.6 is 23.8 Å². The fourth-order valence-corrected chi connectivity index (χ4v) is 5.08. The van der Waals surface area contributed by atoms with Crippen molar-refractivity contribution in [2.75, 3.05) is 16.4 Å². The molecule has 2 aliphatic heterocycles. The van der Waals surface area contributed by atoms with E-state index in [1.165, 1.54) is 0 Å². The summed E-state index contributed by atoms with van der Waals surface area (Å²) in [6.07, 6.45) is 0. The van der Waals surface area contributed by atoms with Crippen LogP contribution in [0.3, 0.4) is 0 Å². The van der Waals surface area contributed by atoms with Gasteiger partial charge >= 0.3 is 0 Å². The van der Waals surface area contributed by atoms with Crippen molar-refractivity contribution >= 4 is 44.8 Å². The number of rotatable bonds is 1. The third kappa shape index (κ3) is 1.93. The average molecular weight is 304 g/mol. The molecule has 2 heterocycles. The first-order valence-corrected chi connectivity index (χ1v) is 8.18. The van der Waals surface area contributed by atoms with Crippen LogP contribution in [0.5, 0.6) is 0 Å². The molecule has 0 spiro atoms. The molecule has 18 heavy (non-hydrogen) atoms. The number of fused-ring (bicyclic) bond motifs is 1. The van der Waals surface area contributed by atoms with Crippen LogP contribution in [-0.4, -0.2) is 33.3 Å². The lowest BCUT2D eigenvalue weighted by molar-refractivity contribution is 0.502. The molecule has 0 amide bonds. The Labute approximate surface area is 117 Å². The van der Waals surface area contributed by atoms with Crippen molar-refractivity contribution in [2.45, 2.75) is 12.1 Å². The molecule has 1 unspecified atom stereocenters. The number of nitrogens with one attached hydrogen (secondary N) is 1. The summed E-state index contributed by atoms with van der Waals surface area (Å²) in [6, 6.07) is 7.23. The Balaban J connectivity index is 2.00. The monoisotopic (exact) mass is 303 g/mol. The fraction of sp³-hybridized carbons (Fsp3) is 0.364. The van der Waals surface area contributed by atoms with E-state index < -0.39 is 10.2 Å². The Hall–Kier alpha value is -0.690. The highest BCUT2D eigenvalue weighted by atomic mass is 35.5. The van der Waals surface area contributed by atoms with Crippen LogP contribution in [0.15, 0.2) is 24.3 Å². The highest BCUT2D eigenvalue weighted by Gasteiger charge is 2.54. The molecule has 2 saturated heterocycles. The molecule has 0 bridgehead atoms. The van der Waals surface area contributed by atoms with E-state index in [-0.39, 0.29) is 23.6 Å². The number of hydrogen-bond acceptors (Lipinski definition) is 2. The zero-order valence-electron chi connectivity index (χ0n) is 9.38. The molecular weight excluding hydrogens is 292 g/mol. The first-order chi connectivity index (χ1) is 8.48. The van der Waals surface area contributed by atoms with E-state index >= 15 is 0 Å². The van der Waals surface area contributed by atoms with E-state index in [1.807, 2.05) is 23.1 Å². The zero-order valence-corrected chi connectivity index (χ0v) is 11.8. The Morgan fingerprint density at radius 3 is 2.89 bits per heavy atom. The Morgan fingerprint density at radius 1 is 1.44 bits per heavy atom. The summed E-state index contributed by atoms with van der Waals surface area (Å²) in [5.41, 5.74) is 0.793. The second-order valence-corrected chi connectivity index (χ2v) is 7.56. The molecule has 0 saturated carbocycles. The lowest BCUT2D eigenvalue weighted by atomic mass is 10.1. The van der Waals surface area contributed by atoms with Gasteiger partial charge in [-0.15, -0.1) is 0 Å². The zero-order chi connectivity index (χ0) is 12.9. The van der Waals surface area contributed by atoms with Gasteiger partial charge in [0.2, 0.25) is 10.2 Å². The number of thiocarbonyl (C=S) groups is 1. The van der Waals surface area contributed by atoms with Crippen molar-refractivity contribution in [1.82, 2.24) is 5.32 Å². The predicted octanol–water partition coefficient (Wildman–Crippen LogP) is 1.76. The second kappa shape index (κ2) is 4.16. The molecule has 96 valence electrons. The normalized spacial score (nSPS) is 34.6. The molecule has 2 fully saturated rings.